The summed E-state index contributed by atoms with van der Waals surface area (Å²) in [5.41, 5.74) is -0.542. The average molecular weight is 280 g/mol. The summed E-state index contributed by atoms with van der Waals surface area (Å²) < 4.78 is 5.39. The third kappa shape index (κ3) is 6.90. The van der Waals surface area contributed by atoms with Crippen molar-refractivity contribution in [2.75, 3.05) is 6.61 Å². The molecule has 0 radical (unpaired) electrons. The molecule has 0 aliphatic rings. The van der Waals surface area contributed by atoms with Gasteiger partial charge in [0.15, 0.2) is 0 Å². The second-order valence-corrected chi connectivity index (χ2v) is 6.66. The van der Waals surface area contributed by atoms with E-state index in [1.54, 1.807) is 0 Å². The van der Waals surface area contributed by atoms with E-state index in [-0.39, 0.29) is 28.5 Å². The lowest BCUT2D eigenvalue weighted by molar-refractivity contribution is -0.132. The van der Waals surface area contributed by atoms with E-state index in [0.29, 0.717) is 0 Å². The molecule has 0 heterocycles. The lowest BCUT2D eigenvalue weighted by atomic mass is 10.0. The second-order valence-electron chi connectivity index (χ2n) is 5.29. The van der Waals surface area contributed by atoms with Crippen LogP contribution in [0.5, 0.6) is 0 Å². The maximum atomic E-state index is 11.6. The lowest BCUT2D eigenvalue weighted by Gasteiger charge is -2.30. The van der Waals surface area contributed by atoms with Gasteiger partial charge in [0.05, 0.1) is 5.60 Å². The molecule has 0 saturated heterocycles. The van der Waals surface area contributed by atoms with E-state index in [2.05, 4.69) is 21.2 Å². The van der Waals surface area contributed by atoms with E-state index in [4.69, 9.17) is 4.74 Å². The maximum Gasteiger partial charge on any atom is 0.246 e. The molecule has 15 heavy (non-hydrogen) atoms. The highest BCUT2D eigenvalue weighted by Gasteiger charge is 2.26. The zero-order chi connectivity index (χ0) is 12.3. The minimum atomic E-state index is -0.276. The number of ether oxygens (including phenoxy) is 1. The molecule has 1 amide bonds. The summed E-state index contributed by atoms with van der Waals surface area (Å²) in [4.78, 5) is 11.8. The lowest BCUT2D eigenvalue weighted by Crippen LogP contribution is -2.50. The molecule has 0 aliphatic heterocycles. The van der Waals surface area contributed by atoms with Crippen molar-refractivity contribution < 1.29 is 9.53 Å². The van der Waals surface area contributed by atoms with Crippen molar-refractivity contribution in [2.45, 2.75) is 57.5 Å². The van der Waals surface area contributed by atoms with Crippen LogP contribution in [0.15, 0.2) is 0 Å². The zero-order valence-corrected chi connectivity index (χ0v) is 12.1. The molecule has 0 saturated carbocycles. The predicted molar refractivity (Wildman–Crippen MR) is 66.3 cm³/mol. The number of alkyl halides is 1. The van der Waals surface area contributed by atoms with E-state index in [1.807, 2.05) is 41.5 Å². The molecule has 0 spiro atoms. The van der Waals surface area contributed by atoms with Crippen LogP contribution in [0, 0.1) is 0 Å². The van der Waals surface area contributed by atoms with Gasteiger partial charge in [-0.05, 0) is 34.6 Å². The number of nitrogens with one attached hydrogen (secondary N) is 1. The van der Waals surface area contributed by atoms with Crippen LogP contribution in [0.3, 0.4) is 0 Å². The summed E-state index contributed by atoms with van der Waals surface area (Å²) in [5, 5.41) is 2.92. The summed E-state index contributed by atoms with van der Waals surface area (Å²) >= 11 is 3.46. The van der Waals surface area contributed by atoms with Crippen molar-refractivity contribution in [1.82, 2.24) is 5.32 Å². The van der Waals surface area contributed by atoms with E-state index in [1.165, 1.54) is 0 Å². The molecule has 1 unspecified atom stereocenters. The van der Waals surface area contributed by atoms with Crippen molar-refractivity contribution in [3.05, 3.63) is 0 Å². The Labute approximate surface area is 101 Å². The summed E-state index contributed by atoms with van der Waals surface area (Å²) in [7, 11) is 0. The van der Waals surface area contributed by atoms with Gasteiger partial charge >= 0.3 is 0 Å². The topological polar surface area (TPSA) is 38.3 Å². The van der Waals surface area contributed by atoms with Crippen LogP contribution in [-0.2, 0) is 9.53 Å². The molecule has 0 aliphatic carbocycles. The van der Waals surface area contributed by atoms with Gasteiger partial charge in [0.2, 0.25) is 5.91 Å². The van der Waals surface area contributed by atoms with Gasteiger partial charge in [-0.3, -0.25) is 4.79 Å². The first-order chi connectivity index (χ1) is 6.54. The van der Waals surface area contributed by atoms with Gasteiger partial charge in [-0.25, -0.2) is 0 Å². The highest BCUT2D eigenvalue weighted by atomic mass is 79.9. The molecular formula is C11H22BrNO2. The largest absolute Gasteiger partial charge is 0.366 e. The number of carbonyl (C=O) groups excluding carboxylic acids is 1. The molecule has 1 atom stereocenters. The van der Waals surface area contributed by atoms with E-state index in [9.17, 15) is 4.79 Å². The average Bonchev–Trinajstić information content (AvgIpc) is 1.98. The van der Waals surface area contributed by atoms with Gasteiger partial charge in [0.25, 0.3) is 0 Å². The molecule has 1 N–H and O–H groups in total. The van der Waals surface area contributed by atoms with Crippen LogP contribution in [-0.4, -0.2) is 28.5 Å². The zero-order valence-electron chi connectivity index (χ0n) is 10.5. The number of hydrogen-bond acceptors (Lipinski definition) is 2. The third-order valence-corrected chi connectivity index (χ3v) is 3.24. The predicted octanol–water partition coefficient (Wildman–Crippen LogP) is 2.48. The molecule has 0 rings (SSSR count). The first-order valence-electron chi connectivity index (χ1n) is 5.13. The van der Waals surface area contributed by atoms with Crippen molar-refractivity contribution in [3.63, 3.8) is 0 Å². The Morgan fingerprint density at radius 2 is 1.80 bits per heavy atom. The van der Waals surface area contributed by atoms with Crippen molar-refractivity contribution in [2.24, 2.45) is 0 Å². The molecule has 0 fully saturated rings. The fourth-order valence-electron chi connectivity index (χ4n) is 0.777. The van der Waals surface area contributed by atoms with Gasteiger partial charge in [0, 0.05) is 10.4 Å². The Morgan fingerprint density at radius 1 is 1.33 bits per heavy atom. The molecule has 0 bridgehead atoms. The number of hydrogen-bond donors (Lipinski definition) is 1. The molecule has 0 aromatic rings. The Kier molecular flexibility index (Phi) is 5.27. The standard InChI is InChI=1S/C11H22BrNO2/c1-8(12)11(5,6)13-9(14)7-15-10(2,3)4/h8H,7H2,1-6H3,(H,13,14). The van der Waals surface area contributed by atoms with Crippen LogP contribution < -0.4 is 5.32 Å². The molecule has 90 valence electrons. The monoisotopic (exact) mass is 279 g/mol. The highest BCUT2D eigenvalue weighted by molar-refractivity contribution is 9.09. The summed E-state index contributed by atoms with van der Waals surface area (Å²) in [6, 6.07) is 0. The van der Waals surface area contributed by atoms with Crippen LogP contribution >= 0.6 is 15.9 Å². The van der Waals surface area contributed by atoms with Crippen molar-refractivity contribution in [1.29, 1.82) is 0 Å². The molecule has 0 aromatic carbocycles. The fraction of sp³-hybridized carbons (Fsp3) is 0.909. The van der Waals surface area contributed by atoms with Crippen molar-refractivity contribution in [3.8, 4) is 0 Å². The van der Waals surface area contributed by atoms with Gasteiger partial charge in [-0.1, -0.05) is 22.9 Å². The molecule has 0 aromatic heterocycles. The second kappa shape index (κ2) is 5.30. The fourth-order valence-corrected chi connectivity index (χ4v) is 0.891. The first kappa shape index (κ1) is 14.9. The van der Waals surface area contributed by atoms with Crippen LogP contribution in [0.2, 0.25) is 0 Å². The summed E-state index contributed by atoms with van der Waals surface area (Å²) in [6.45, 7) is 11.8. The van der Waals surface area contributed by atoms with Crippen molar-refractivity contribution >= 4 is 21.8 Å². The molecule has 4 heteroatoms. The normalized spacial score (nSPS) is 14.9. The van der Waals surface area contributed by atoms with Gasteiger partial charge < -0.3 is 10.1 Å². The Balaban J connectivity index is 4.05. The van der Waals surface area contributed by atoms with Gasteiger partial charge in [0.1, 0.15) is 6.61 Å². The van der Waals surface area contributed by atoms with Gasteiger partial charge in [-0.2, -0.15) is 0 Å². The Hall–Kier alpha value is -0.0900. The Bertz CT molecular complexity index is 219. The van der Waals surface area contributed by atoms with Crippen LogP contribution in [0.25, 0.3) is 0 Å². The number of amides is 1. The van der Waals surface area contributed by atoms with Crippen LogP contribution in [0.1, 0.15) is 41.5 Å². The quantitative estimate of drug-likeness (QED) is 0.803. The van der Waals surface area contributed by atoms with Crippen LogP contribution in [0.4, 0.5) is 0 Å². The minimum absolute atomic E-state index is 0.0822. The Morgan fingerprint density at radius 3 is 2.13 bits per heavy atom. The molecular weight excluding hydrogens is 258 g/mol. The first-order valence-corrected chi connectivity index (χ1v) is 6.05. The molecule has 3 nitrogen and oxygen atoms in total. The van der Waals surface area contributed by atoms with E-state index in [0.717, 1.165) is 0 Å². The minimum Gasteiger partial charge on any atom is -0.366 e. The summed E-state index contributed by atoms with van der Waals surface area (Å²) in [6.07, 6.45) is 0. The van der Waals surface area contributed by atoms with Gasteiger partial charge in [-0.15, -0.1) is 0 Å². The SMILES string of the molecule is CC(Br)C(C)(C)NC(=O)COC(C)(C)C. The highest BCUT2D eigenvalue weighted by Crippen LogP contribution is 2.16. The third-order valence-electron chi connectivity index (χ3n) is 2.09. The maximum absolute atomic E-state index is 11.6. The van der Waals surface area contributed by atoms with E-state index < -0.39 is 0 Å². The number of carbonyl (C=O) groups is 1. The number of halogens is 1. The van der Waals surface area contributed by atoms with E-state index >= 15 is 0 Å². The smallest absolute Gasteiger partial charge is 0.246 e. The summed E-state index contributed by atoms with van der Waals surface area (Å²) in [5.74, 6) is -0.0822. The number of rotatable bonds is 4.